The van der Waals surface area contributed by atoms with Gasteiger partial charge in [-0.05, 0) is 6.07 Å². The predicted molar refractivity (Wildman–Crippen MR) is 54.6 cm³/mol. The topological polar surface area (TPSA) is 93.0 Å². The highest BCUT2D eigenvalue weighted by molar-refractivity contribution is 5.44. The number of benzene rings is 1. The van der Waals surface area contributed by atoms with Gasteiger partial charge in [0, 0.05) is 12.1 Å². The molecule has 5 nitrogen and oxygen atoms in total. The number of aliphatic hydroxyl groups excluding tert-OH is 2. The van der Waals surface area contributed by atoms with Crippen molar-refractivity contribution in [2.24, 2.45) is 0 Å². The van der Waals surface area contributed by atoms with E-state index in [-0.39, 0.29) is 31.3 Å². The van der Waals surface area contributed by atoms with Crippen molar-refractivity contribution >= 4 is 0 Å². The fourth-order valence-corrected chi connectivity index (χ4v) is 1.16. The number of rotatable bonds is 5. The minimum Gasteiger partial charge on any atom is -0.504 e. The van der Waals surface area contributed by atoms with E-state index in [1.165, 1.54) is 6.07 Å². The van der Waals surface area contributed by atoms with Gasteiger partial charge in [0.2, 0.25) is 0 Å². The van der Waals surface area contributed by atoms with Gasteiger partial charge in [-0.15, -0.1) is 0 Å². The maximum absolute atomic E-state index is 9.44. The highest BCUT2D eigenvalue weighted by Gasteiger charge is 2.08. The Hall–Kier alpha value is -1.30. The van der Waals surface area contributed by atoms with Gasteiger partial charge >= 0.3 is 0 Å². The second-order valence-electron chi connectivity index (χ2n) is 3.23. The molecule has 0 fully saturated rings. The molecule has 0 saturated heterocycles. The van der Waals surface area contributed by atoms with Crippen LogP contribution < -0.4 is 5.32 Å². The lowest BCUT2D eigenvalue weighted by Gasteiger charge is -2.14. The largest absolute Gasteiger partial charge is 0.504 e. The van der Waals surface area contributed by atoms with Gasteiger partial charge in [0.05, 0.1) is 19.3 Å². The molecule has 0 aliphatic rings. The third-order valence-electron chi connectivity index (χ3n) is 2.12. The summed E-state index contributed by atoms with van der Waals surface area (Å²) in [4.78, 5) is 0. The van der Waals surface area contributed by atoms with Crippen molar-refractivity contribution < 1.29 is 20.4 Å². The van der Waals surface area contributed by atoms with Gasteiger partial charge in [0.15, 0.2) is 11.5 Å². The van der Waals surface area contributed by atoms with Crippen LogP contribution in [-0.2, 0) is 6.54 Å². The molecular weight excluding hydrogens is 198 g/mol. The van der Waals surface area contributed by atoms with Gasteiger partial charge in [-0.1, -0.05) is 12.1 Å². The van der Waals surface area contributed by atoms with E-state index in [0.717, 1.165) is 0 Å². The first-order valence-electron chi connectivity index (χ1n) is 4.64. The van der Waals surface area contributed by atoms with Crippen LogP contribution in [0.25, 0.3) is 0 Å². The fourth-order valence-electron chi connectivity index (χ4n) is 1.16. The summed E-state index contributed by atoms with van der Waals surface area (Å²) >= 11 is 0. The van der Waals surface area contributed by atoms with Gasteiger partial charge in [-0.3, -0.25) is 0 Å². The van der Waals surface area contributed by atoms with Crippen LogP contribution in [0.3, 0.4) is 0 Å². The van der Waals surface area contributed by atoms with Crippen molar-refractivity contribution in [1.29, 1.82) is 0 Å². The lowest BCUT2D eigenvalue weighted by molar-refractivity contribution is 0.170. The van der Waals surface area contributed by atoms with Crippen molar-refractivity contribution in [2.75, 3.05) is 13.2 Å². The van der Waals surface area contributed by atoms with Crippen molar-refractivity contribution in [2.45, 2.75) is 12.6 Å². The minimum atomic E-state index is -0.424. The van der Waals surface area contributed by atoms with Crippen LogP contribution in [0.15, 0.2) is 18.2 Å². The highest BCUT2D eigenvalue weighted by Crippen LogP contribution is 2.27. The normalized spacial score (nSPS) is 10.9. The van der Waals surface area contributed by atoms with Gasteiger partial charge in [0.1, 0.15) is 0 Å². The third-order valence-corrected chi connectivity index (χ3v) is 2.12. The zero-order valence-corrected chi connectivity index (χ0v) is 8.22. The molecule has 1 aromatic carbocycles. The van der Waals surface area contributed by atoms with Crippen LogP contribution in [0.1, 0.15) is 5.56 Å². The molecule has 0 aromatic heterocycles. The maximum Gasteiger partial charge on any atom is 0.161 e. The number of aliphatic hydroxyl groups is 2. The monoisotopic (exact) mass is 213 g/mol. The molecule has 0 atom stereocenters. The molecule has 84 valence electrons. The predicted octanol–water partition coefficient (Wildman–Crippen LogP) is -0.459. The van der Waals surface area contributed by atoms with E-state index >= 15 is 0 Å². The van der Waals surface area contributed by atoms with Gasteiger partial charge < -0.3 is 25.7 Å². The van der Waals surface area contributed by atoms with Crippen molar-refractivity contribution in [3.05, 3.63) is 23.8 Å². The Morgan fingerprint density at radius 3 is 2.40 bits per heavy atom. The SMILES string of the molecule is OCC(CO)NCc1cccc(O)c1O. The molecule has 0 unspecified atom stereocenters. The van der Waals surface area contributed by atoms with E-state index < -0.39 is 6.04 Å². The molecule has 5 N–H and O–H groups in total. The van der Waals surface area contributed by atoms with E-state index in [4.69, 9.17) is 10.2 Å². The number of hydrogen-bond donors (Lipinski definition) is 5. The van der Waals surface area contributed by atoms with Crippen molar-refractivity contribution in [3.8, 4) is 11.5 Å². The minimum absolute atomic E-state index is 0.181. The highest BCUT2D eigenvalue weighted by atomic mass is 16.3. The molecule has 0 heterocycles. The molecule has 0 amide bonds. The fraction of sp³-hybridized carbons (Fsp3) is 0.400. The Bertz CT molecular complexity index is 312. The van der Waals surface area contributed by atoms with Crippen LogP contribution in [0.4, 0.5) is 0 Å². The van der Waals surface area contributed by atoms with Crippen molar-refractivity contribution in [1.82, 2.24) is 5.32 Å². The molecule has 0 aliphatic heterocycles. The average molecular weight is 213 g/mol. The zero-order chi connectivity index (χ0) is 11.3. The lowest BCUT2D eigenvalue weighted by atomic mass is 10.1. The van der Waals surface area contributed by atoms with Gasteiger partial charge in [-0.25, -0.2) is 0 Å². The zero-order valence-electron chi connectivity index (χ0n) is 8.22. The second-order valence-corrected chi connectivity index (χ2v) is 3.23. The molecule has 1 aromatic rings. The standard InChI is InChI=1S/C10H15NO4/c12-5-8(6-13)11-4-7-2-1-3-9(14)10(7)15/h1-3,8,11-15H,4-6H2. The van der Waals surface area contributed by atoms with E-state index in [1.54, 1.807) is 12.1 Å². The number of aromatic hydroxyl groups is 2. The quantitative estimate of drug-likeness (QED) is 0.427. The summed E-state index contributed by atoms with van der Waals surface area (Å²) in [7, 11) is 0. The summed E-state index contributed by atoms with van der Waals surface area (Å²) < 4.78 is 0. The second kappa shape index (κ2) is 5.55. The molecular formula is C10H15NO4. The molecule has 5 heteroatoms. The van der Waals surface area contributed by atoms with Crippen LogP contribution in [-0.4, -0.2) is 39.7 Å². The molecule has 0 radical (unpaired) electrons. The van der Waals surface area contributed by atoms with Gasteiger partial charge in [0.25, 0.3) is 0 Å². The third kappa shape index (κ3) is 3.09. The Kier molecular flexibility index (Phi) is 4.36. The Labute approximate surface area is 87.6 Å². The van der Waals surface area contributed by atoms with Crippen LogP contribution in [0.5, 0.6) is 11.5 Å². The Morgan fingerprint density at radius 2 is 1.80 bits per heavy atom. The van der Waals surface area contributed by atoms with E-state index in [1.807, 2.05) is 0 Å². The summed E-state index contributed by atoms with van der Waals surface area (Å²) in [5, 5.41) is 39.1. The summed E-state index contributed by atoms with van der Waals surface area (Å²) in [5.74, 6) is -0.363. The summed E-state index contributed by atoms with van der Waals surface area (Å²) in [6.45, 7) is -0.0990. The van der Waals surface area contributed by atoms with Crippen LogP contribution in [0, 0.1) is 0 Å². The molecule has 0 spiro atoms. The van der Waals surface area contributed by atoms with Crippen LogP contribution in [0.2, 0.25) is 0 Å². The number of phenols is 2. The van der Waals surface area contributed by atoms with Crippen molar-refractivity contribution in [3.63, 3.8) is 0 Å². The molecule has 0 saturated carbocycles. The molecule has 1 rings (SSSR count). The number of nitrogens with one attached hydrogen (secondary N) is 1. The first kappa shape index (κ1) is 11.8. The van der Waals surface area contributed by atoms with E-state index in [9.17, 15) is 10.2 Å². The lowest BCUT2D eigenvalue weighted by Crippen LogP contribution is -2.35. The number of hydrogen-bond acceptors (Lipinski definition) is 5. The first-order chi connectivity index (χ1) is 7.19. The smallest absolute Gasteiger partial charge is 0.161 e. The maximum atomic E-state index is 9.44. The van der Waals surface area contributed by atoms with E-state index in [0.29, 0.717) is 5.56 Å². The Balaban J connectivity index is 2.61. The summed E-state index contributed by atoms with van der Waals surface area (Å²) in [6, 6.07) is 4.22. The first-order valence-corrected chi connectivity index (χ1v) is 4.64. The summed E-state index contributed by atoms with van der Waals surface area (Å²) in [6.07, 6.45) is 0. The van der Waals surface area contributed by atoms with Gasteiger partial charge in [-0.2, -0.15) is 0 Å². The van der Waals surface area contributed by atoms with E-state index in [2.05, 4.69) is 5.32 Å². The molecule has 0 bridgehead atoms. The number of para-hydroxylation sites is 1. The number of phenolic OH excluding ortho intramolecular Hbond substituents is 2. The summed E-state index contributed by atoms with van der Waals surface area (Å²) in [5.41, 5.74) is 0.516. The average Bonchev–Trinajstić information content (AvgIpc) is 2.25. The van der Waals surface area contributed by atoms with Crippen LogP contribution >= 0.6 is 0 Å². The molecule has 15 heavy (non-hydrogen) atoms. The Morgan fingerprint density at radius 1 is 1.13 bits per heavy atom. The molecule has 0 aliphatic carbocycles.